The maximum absolute atomic E-state index is 11.5. The van der Waals surface area contributed by atoms with Crippen LogP contribution in [-0.2, 0) is 11.2 Å². The number of fused-ring (bicyclic) bond motifs is 1. The molecule has 4 rings (SSSR count). The van der Waals surface area contributed by atoms with E-state index < -0.39 is 0 Å². The summed E-state index contributed by atoms with van der Waals surface area (Å²) in [5, 5.41) is 4.90. The molecule has 0 saturated carbocycles. The van der Waals surface area contributed by atoms with Crippen LogP contribution >= 0.6 is 0 Å². The minimum atomic E-state index is -0.224. The highest BCUT2D eigenvalue weighted by atomic mass is 16.1. The molecule has 0 radical (unpaired) electrons. The Morgan fingerprint density at radius 3 is 2.90 bits per heavy atom. The first-order chi connectivity index (χ1) is 14.2. The van der Waals surface area contributed by atoms with E-state index in [-0.39, 0.29) is 5.91 Å². The third kappa shape index (κ3) is 4.09. The molecule has 29 heavy (non-hydrogen) atoms. The molecule has 0 aliphatic carbocycles. The van der Waals surface area contributed by atoms with Gasteiger partial charge in [0.25, 0.3) is 0 Å². The number of carbonyl (C=O) groups is 1. The van der Waals surface area contributed by atoms with E-state index in [2.05, 4.69) is 37.7 Å². The first-order valence-electron chi connectivity index (χ1n) is 9.51. The zero-order chi connectivity index (χ0) is 20.2. The van der Waals surface area contributed by atoms with Crippen LogP contribution in [-0.4, -0.2) is 33.9 Å². The van der Waals surface area contributed by atoms with Crippen LogP contribution in [0.25, 0.3) is 10.8 Å². The molecular weight excluding hydrogens is 362 g/mol. The van der Waals surface area contributed by atoms with Gasteiger partial charge in [0.15, 0.2) is 0 Å². The minimum Gasteiger partial charge on any atom is -0.356 e. The molecule has 2 aromatic heterocycles. The maximum atomic E-state index is 11.5. The van der Waals surface area contributed by atoms with E-state index in [0.717, 1.165) is 54.0 Å². The van der Waals surface area contributed by atoms with Gasteiger partial charge in [0, 0.05) is 49.2 Å². The van der Waals surface area contributed by atoms with Crippen molar-refractivity contribution in [1.82, 2.24) is 15.0 Å². The van der Waals surface area contributed by atoms with Crippen LogP contribution in [0.15, 0.2) is 55.5 Å². The predicted octanol–water partition coefficient (Wildman–Crippen LogP) is 3.20. The Morgan fingerprint density at radius 1 is 1.31 bits per heavy atom. The normalized spacial score (nSPS) is 15.8. The zero-order valence-electron chi connectivity index (χ0n) is 16.0. The molecule has 1 saturated heterocycles. The molecule has 0 bridgehead atoms. The quantitative estimate of drug-likeness (QED) is 0.541. The number of terminal acetylenes is 1. The number of aromatic nitrogens is 3. The smallest absolute Gasteiger partial charge is 0.247 e. The first-order valence-corrected chi connectivity index (χ1v) is 9.51. The lowest BCUT2D eigenvalue weighted by Crippen LogP contribution is -2.21. The Morgan fingerprint density at radius 2 is 2.14 bits per heavy atom. The first kappa shape index (κ1) is 18.6. The summed E-state index contributed by atoms with van der Waals surface area (Å²) in [6.45, 7) is 5.33. The Labute approximate surface area is 169 Å². The van der Waals surface area contributed by atoms with E-state index >= 15 is 0 Å². The number of hydrogen-bond donors (Lipinski definition) is 1. The summed E-state index contributed by atoms with van der Waals surface area (Å²) < 4.78 is 0. The summed E-state index contributed by atoms with van der Waals surface area (Å²) in [5.74, 6) is 4.58. The van der Waals surface area contributed by atoms with Gasteiger partial charge in [-0.2, -0.15) is 0 Å². The van der Waals surface area contributed by atoms with Crippen LogP contribution in [0.5, 0.6) is 0 Å². The number of hydrogen-bond acceptors (Lipinski definition) is 5. The standard InChI is InChI=1S/C23H21N5O/c1-3-16-13-25-21(26-14-16)11-17-8-10-28(15-17)23-20-6-5-19(27-22(29)4-2)12-18(20)7-9-24-23/h1,4-7,9,12-14,17H,2,8,10-11,15H2,(H,27,29)/t17-/m0/s1. The van der Waals surface area contributed by atoms with Crippen molar-refractivity contribution in [3.63, 3.8) is 0 Å². The van der Waals surface area contributed by atoms with Gasteiger partial charge >= 0.3 is 0 Å². The third-order valence-electron chi connectivity index (χ3n) is 5.12. The Bertz CT molecular complexity index is 1100. The van der Waals surface area contributed by atoms with Gasteiger partial charge in [-0.15, -0.1) is 6.42 Å². The summed E-state index contributed by atoms with van der Waals surface area (Å²) >= 11 is 0. The molecule has 1 aliphatic rings. The highest BCUT2D eigenvalue weighted by Crippen LogP contribution is 2.31. The van der Waals surface area contributed by atoms with Crippen molar-refractivity contribution < 1.29 is 4.79 Å². The third-order valence-corrected chi connectivity index (χ3v) is 5.12. The molecule has 144 valence electrons. The molecule has 1 aliphatic heterocycles. The average molecular weight is 383 g/mol. The summed E-state index contributed by atoms with van der Waals surface area (Å²) in [5.41, 5.74) is 1.44. The second-order valence-corrected chi connectivity index (χ2v) is 7.10. The Kier molecular flexibility index (Phi) is 5.21. The molecule has 6 heteroatoms. The minimum absolute atomic E-state index is 0.224. The van der Waals surface area contributed by atoms with E-state index in [1.165, 1.54) is 6.08 Å². The highest BCUT2D eigenvalue weighted by molar-refractivity contribution is 6.01. The lowest BCUT2D eigenvalue weighted by Gasteiger charge is -2.19. The molecule has 0 unspecified atom stereocenters. The van der Waals surface area contributed by atoms with Gasteiger partial charge in [-0.1, -0.05) is 12.5 Å². The summed E-state index contributed by atoms with van der Waals surface area (Å²) in [6, 6.07) is 7.81. The van der Waals surface area contributed by atoms with Gasteiger partial charge in [0.2, 0.25) is 5.91 Å². The van der Waals surface area contributed by atoms with Crippen LogP contribution in [0, 0.1) is 18.3 Å². The number of benzene rings is 1. The van der Waals surface area contributed by atoms with Crippen molar-refractivity contribution in [3.8, 4) is 12.3 Å². The van der Waals surface area contributed by atoms with Gasteiger partial charge in [0.1, 0.15) is 11.6 Å². The van der Waals surface area contributed by atoms with Crippen LogP contribution in [0.3, 0.4) is 0 Å². The zero-order valence-corrected chi connectivity index (χ0v) is 16.0. The van der Waals surface area contributed by atoms with E-state index in [9.17, 15) is 4.79 Å². The van der Waals surface area contributed by atoms with Crippen molar-refractivity contribution in [2.45, 2.75) is 12.8 Å². The summed E-state index contributed by atoms with van der Waals surface area (Å²) in [4.78, 5) is 27.2. The molecular formula is C23H21N5O. The molecule has 1 aromatic carbocycles. The van der Waals surface area contributed by atoms with Gasteiger partial charge < -0.3 is 10.2 Å². The van der Waals surface area contributed by atoms with E-state index in [0.29, 0.717) is 11.5 Å². The fourth-order valence-corrected chi connectivity index (χ4v) is 3.67. The van der Waals surface area contributed by atoms with Crippen LogP contribution in [0.4, 0.5) is 11.5 Å². The largest absolute Gasteiger partial charge is 0.356 e. The number of amides is 1. The second kappa shape index (κ2) is 8.11. The lowest BCUT2D eigenvalue weighted by atomic mass is 10.0. The molecule has 3 aromatic rings. The Hall–Kier alpha value is -3.72. The number of pyridine rings is 1. The van der Waals surface area contributed by atoms with Gasteiger partial charge in [-0.05, 0) is 48.1 Å². The van der Waals surface area contributed by atoms with Gasteiger partial charge in [-0.25, -0.2) is 15.0 Å². The summed E-state index contributed by atoms with van der Waals surface area (Å²) in [7, 11) is 0. The average Bonchev–Trinajstić information content (AvgIpc) is 3.22. The number of nitrogens with one attached hydrogen (secondary N) is 1. The second-order valence-electron chi connectivity index (χ2n) is 7.10. The fraction of sp³-hybridized carbons (Fsp3) is 0.217. The topological polar surface area (TPSA) is 71.0 Å². The monoisotopic (exact) mass is 383 g/mol. The van der Waals surface area contributed by atoms with Gasteiger partial charge in [0.05, 0.1) is 5.56 Å². The Balaban J connectivity index is 1.50. The SMILES string of the molecule is C#Cc1cnc(C[C@@H]2CCN(c3nccc4cc(NC(=O)C=C)ccc34)C2)nc1. The van der Waals surface area contributed by atoms with Crippen molar-refractivity contribution >= 4 is 28.2 Å². The van der Waals surface area contributed by atoms with Crippen molar-refractivity contribution in [1.29, 1.82) is 0 Å². The molecule has 0 spiro atoms. The van der Waals surface area contributed by atoms with Gasteiger partial charge in [-0.3, -0.25) is 4.79 Å². The molecule has 1 atom stereocenters. The molecule has 3 heterocycles. The van der Waals surface area contributed by atoms with Crippen LogP contribution < -0.4 is 10.2 Å². The van der Waals surface area contributed by atoms with Crippen molar-refractivity contribution in [2.75, 3.05) is 23.3 Å². The van der Waals surface area contributed by atoms with Crippen molar-refractivity contribution in [2.24, 2.45) is 5.92 Å². The van der Waals surface area contributed by atoms with Crippen LogP contribution in [0.2, 0.25) is 0 Å². The van der Waals surface area contributed by atoms with E-state index in [1.54, 1.807) is 12.4 Å². The lowest BCUT2D eigenvalue weighted by molar-refractivity contribution is -0.111. The number of nitrogens with zero attached hydrogens (tertiary/aromatic N) is 4. The number of carbonyl (C=O) groups excluding carboxylic acids is 1. The molecule has 1 amide bonds. The molecule has 1 N–H and O–H groups in total. The molecule has 1 fully saturated rings. The van der Waals surface area contributed by atoms with E-state index in [1.807, 2.05) is 30.5 Å². The number of rotatable bonds is 5. The predicted molar refractivity (Wildman–Crippen MR) is 115 cm³/mol. The van der Waals surface area contributed by atoms with Crippen molar-refractivity contribution in [3.05, 3.63) is 66.9 Å². The van der Waals surface area contributed by atoms with E-state index in [4.69, 9.17) is 6.42 Å². The highest BCUT2D eigenvalue weighted by Gasteiger charge is 2.25. The maximum Gasteiger partial charge on any atom is 0.247 e. The van der Waals surface area contributed by atoms with Crippen LogP contribution in [0.1, 0.15) is 17.8 Å². The fourth-order valence-electron chi connectivity index (χ4n) is 3.67. The molecule has 6 nitrogen and oxygen atoms in total. The summed E-state index contributed by atoms with van der Waals surface area (Å²) in [6.07, 6.45) is 13.7. The number of anilines is 2.